The predicted octanol–water partition coefficient (Wildman–Crippen LogP) is 1.34. The molecular weight excluding hydrogens is 198 g/mol. The van der Waals surface area contributed by atoms with E-state index < -0.39 is 17.4 Å². The standard InChI is InChI=1S/C10H7NO4/c12-6-3-1-2-5-4-7(13)9(10(14)15)11-8(5)6/h1-4,12-13H,(H,14,15). The Labute approximate surface area is 84.2 Å². The zero-order valence-corrected chi connectivity index (χ0v) is 7.51. The second-order valence-electron chi connectivity index (χ2n) is 3.01. The molecule has 0 atom stereocenters. The van der Waals surface area contributed by atoms with E-state index in [0.29, 0.717) is 5.39 Å². The fraction of sp³-hybridized carbons (Fsp3) is 0. The number of carboxylic acid groups (broad SMARTS) is 1. The van der Waals surface area contributed by atoms with Gasteiger partial charge >= 0.3 is 5.97 Å². The summed E-state index contributed by atoms with van der Waals surface area (Å²) in [7, 11) is 0. The van der Waals surface area contributed by atoms with Gasteiger partial charge in [0.05, 0.1) is 0 Å². The Morgan fingerprint density at radius 3 is 2.60 bits per heavy atom. The van der Waals surface area contributed by atoms with E-state index in [2.05, 4.69) is 4.98 Å². The molecule has 1 heterocycles. The number of carboxylic acids is 1. The number of aromatic hydroxyl groups is 2. The Balaban J connectivity index is 2.83. The molecule has 0 amide bonds. The lowest BCUT2D eigenvalue weighted by Crippen LogP contribution is -2.00. The van der Waals surface area contributed by atoms with Crippen LogP contribution in [-0.2, 0) is 0 Å². The van der Waals surface area contributed by atoms with E-state index in [9.17, 15) is 15.0 Å². The largest absolute Gasteiger partial charge is 0.506 e. The fourth-order valence-electron chi connectivity index (χ4n) is 1.33. The third-order valence-corrected chi connectivity index (χ3v) is 2.01. The first kappa shape index (κ1) is 9.26. The Kier molecular flexibility index (Phi) is 1.93. The Morgan fingerprint density at radius 2 is 1.93 bits per heavy atom. The van der Waals surface area contributed by atoms with Gasteiger partial charge in [-0.25, -0.2) is 9.78 Å². The molecule has 0 aliphatic rings. The molecule has 0 aliphatic heterocycles. The van der Waals surface area contributed by atoms with Crippen LogP contribution in [0.5, 0.6) is 11.5 Å². The first-order valence-corrected chi connectivity index (χ1v) is 4.14. The van der Waals surface area contributed by atoms with E-state index >= 15 is 0 Å². The van der Waals surface area contributed by atoms with Gasteiger partial charge in [-0.3, -0.25) is 0 Å². The number of aromatic carboxylic acids is 1. The number of nitrogens with zero attached hydrogens (tertiary/aromatic N) is 1. The van der Waals surface area contributed by atoms with Crippen LogP contribution in [0.3, 0.4) is 0 Å². The molecule has 0 bridgehead atoms. The third-order valence-electron chi connectivity index (χ3n) is 2.01. The normalized spacial score (nSPS) is 10.4. The number of phenols is 1. The summed E-state index contributed by atoms with van der Waals surface area (Å²) in [6, 6.07) is 5.86. The van der Waals surface area contributed by atoms with E-state index in [1.165, 1.54) is 12.1 Å². The molecule has 3 N–H and O–H groups in total. The monoisotopic (exact) mass is 205 g/mol. The molecule has 0 unspecified atom stereocenters. The summed E-state index contributed by atoms with van der Waals surface area (Å²) in [4.78, 5) is 14.3. The summed E-state index contributed by atoms with van der Waals surface area (Å²) in [6.45, 7) is 0. The SMILES string of the molecule is O=C(O)c1nc2c(O)cccc2cc1O. The Morgan fingerprint density at radius 1 is 1.20 bits per heavy atom. The summed E-state index contributed by atoms with van der Waals surface area (Å²) in [5.74, 6) is -1.87. The highest BCUT2D eigenvalue weighted by Gasteiger charge is 2.14. The first-order valence-electron chi connectivity index (χ1n) is 4.14. The minimum absolute atomic E-state index is 0.116. The van der Waals surface area contributed by atoms with Crippen molar-refractivity contribution in [3.05, 3.63) is 30.0 Å². The zero-order valence-electron chi connectivity index (χ0n) is 7.51. The first-order chi connectivity index (χ1) is 7.09. The number of rotatable bonds is 1. The van der Waals surface area contributed by atoms with Crippen LogP contribution in [0.1, 0.15) is 10.5 Å². The van der Waals surface area contributed by atoms with Crippen molar-refractivity contribution in [3.8, 4) is 11.5 Å². The topological polar surface area (TPSA) is 90.7 Å². The molecule has 0 radical (unpaired) electrons. The van der Waals surface area contributed by atoms with Crippen LogP contribution in [0.25, 0.3) is 10.9 Å². The molecule has 1 aromatic heterocycles. The molecule has 15 heavy (non-hydrogen) atoms. The van der Waals surface area contributed by atoms with Crippen molar-refractivity contribution < 1.29 is 20.1 Å². The number of aromatic nitrogens is 1. The lowest BCUT2D eigenvalue weighted by molar-refractivity contribution is 0.0687. The van der Waals surface area contributed by atoms with E-state index in [4.69, 9.17) is 5.11 Å². The van der Waals surface area contributed by atoms with Gasteiger partial charge in [0.1, 0.15) is 17.0 Å². The van der Waals surface area contributed by atoms with Crippen LogP contribution in [-0.4, -0.2) is 26.3 Å². The molecular formula is C10H7NO4. The highest BCUT2D eigenvalue weighted by atomic mass is 16.4. The Bertz CT molecular complexity index is 550. The van der Waals surface area contributed by atoms with Gasteiger partial charge in [-0.2, -0.15) is 0 Å². The molecule has 5 heteroatoms. The number of carbonyl (C=O) groups is 1. The van der Waals surface area contributed by atoms with Crippen LogP contribution in [0.15, 0.2) is 24.3 Å². The lowest BCUT2D eigenvalue weighted by atomic mass is 10.2. The predicted molar refractivity (Wildman–Crippen MR) is 52.0 cm³/mol. The molecule has 5 nitrogen and oxygen atoms in total. The van der Waals surface area contributed by atoms with Gasteiger partial charge in [0.15, 0.2) is 5.69 Å². The van der Waals surface area contributed by atoms with Crippen molar-refractivity contribution in [3.63, 3.8) is 0 Å². The number of pyridine rings is 1. The van der Waals surface area contributed by atoms with Gasteiger partial charge in [0.2, 0.25) is 0 Å². The molecule has 76 valence electrons. The number of hydrogen-bond donors (Lipinski definition) is 3. The van der Waals surface area contributed by atoms with Gasteiger partial charge < -0.3 is 15.3 Å². The molecule has 0 saturated carbocycles. The number of phenolic OH excluding ortho intramolecular Hbond substituents is 1. The highest BCUT2D eigenvalue weighted by molar-refractivity contribution is 5.94. The molecule has 2 rings (SSSR count). The van der Waals surface area contributed by atoms with E-state index in [-0.39, 0.29) is 11.3 Å². The van der Waals surface area contributed by atoms with Gasteiger partial charge in [0.25, 0.3) is 0 Å². The van der Waals surface area contributed by atoms with Gasteiger partial charge in [-0.1, -0.05) is 12.1 Å². The maximum absolute atomic E-state index is 10.7. The smallest absolute Gasteiger partial charge is 0.358 e. The summed E-state index contributed by atoms with van der Waals surface area (Å²) >= 11 is 0. The summed E-state index contributed by atoms with van der Waals surface area (Å²) in [5.41, 5.74) is -0.309. The minimum atomic E-state index is -1.34. The zero-order chi connectivity index (χ0) is 11.0. The molecule has 0 spiro atoms. The average molecular weight is 205 g/mol. The maximum Gasteiger partial charge on any atom is 0.358 e. The fourth-order valence-corrected chi connectivity index (χ4v) is 1.33. The van der Waals surface area contributed by atoms with E-state index in [1.54, 1.807) is 12.1 Å². The van der Waals surface area contributed by atoms with Crippen LogP contribution in [0.2, 0.25) is 0 Å². The van der Waals surface area contributed by atoms with Crippen LogP contribution in [0.4, 0.5) is 0 Å². The maximum atomic E-state index is 10.7. The highest BCUT2D eigenvalue weighted by Crippen LogP contribution is 2.27. The van der Waals surface area contributed by atoms with E-state index in [0.717, 1.165) is 0 Å². The van der Waals surface area contributed by atoms with Crippen molar-refractivity contribution in [1.82, 2.24) is 4.98 Å². The second-order valence-corrected chi connectivity index (χ2v) is 3.01. The number of para-hydroxylation sites is 1. The Hall–Kier alpha value is -2.30. The van der Waals surface area contributed by atoms with Crippen molar-refractivity contribution >= 4 is 16.9 Å². The minimum Gasteiger partial charge on any atom is -0.506 e. The number of benzene rings is 1. The summed E-state index contributed by atoms with van der Waals surface area (Å²) in [6.07, 6.45) is 0. The lowest BCUT2D eigenvalue weighted by Gasteiger charge is -2.03. The van der Waals surface area contributed by atoms with Gasteiger partial charge in [-0.05, 0) is 12.1 Å². The third kappa shape index (κ3) is 1.43. The van der Waals surface area contributed by atoms with Gasteiger partial charge in [0, 0.05) is 5.39 Å². The van der Waals surface area contributed by atoms with Gasteiger partial charge in [-0.15, -0.1) is 0 Å². The van der Waals surface area contributed by atoms with Crippen molar-refractivity contribution in [2.75, 3.05) is 0 Å². The summed E-state index contributed by atoms with van der Waals surface area (Å²) < 4.78 is 0. The van der Waals surface area contributed by atoms with Crippen LogP contribution in [0, 0.1) is 0 Å². The van der Waals surface area contributed by atoms with Crippen molar-refractivity contribution in [1.29, 1.82) is 0 Å². The van der Waals surface area contributed by atoms with Crippen molar-refractivity contribution in [2.24, 2.45) is 0 Å². The second kappa shape index (κ2) is 3.13. The van der Waals surface area contributed by atoms with E-state index in [1.807, 2.05) is 0 Å². The molecule has 2 aromatic rings. The molecule has 0 saturated heterocycles. The van der Waals surface area contributed by atoms with Crippen LogP contribution < -0.4 is 0 Å². The summed E-state index contributed by atoms with van der Waals surface area (Å²) in [5, 5.41) is 28.0. The number of fused-ring (bicyclic) bond motifs is 1. The van der Waals surface area contributed by atoms with Crippen molar-refractivity contribution in [2.45, 2.75) is 0 Å². The molecule has 0 aliphatic carbocycles. The molecule has 0 fully saturated rings. The van der Waals surface area contributed by atoms with Crippen LogP contribution >= 0.6 is 0 Å². The average Bonchev–Trinajstić information content (AvgIpc) is 2.16. The number of hydrogen-bond acceptors (Lipinski definition) is 4. The molecule has 1 aromatic carbocycles. The quantitative estimate of drug-likeness (QED) is 0.653.